The zero-order valence-corrected chi connectivity index (χ0v) is 6.88. The fourth-order valence-electron chi connectivity index (χ4n) is 0.505. The summed E-state index contributed by atoms with van der Waals surface area (Å²) in [5, 5.41) is 0. The summed E-state index contributed by atoms with van der Waals surface area (Å²) in [6.07, 6.45) is 6.51. The van der Waals surface area contributed by atoms with Gasteiger partial charge in [0.15, 0.2) is 0 Å². The average Bonchev–Trinajstić information content (AvgIpc) is 2.01. The second kappa shape index (κ2) is 7.06. The molecule has 0 saturated carbocycles. The van der Waals surface area contributed by atoms with Crippen molar-refractivity contribution in [2.24, 2.45) is 0 Å². The fraction of sp³-hybridized carbons (Fsp3) is 0.444. The van der Waals surface area contributed by atoms with E-state index in [4.69, 9.17) is 4.74 Å². The van der Waals surface area contributed by atoms with E-state index in [-0.39, 0.29) is 5.97 Å². The Bertz CT molecular complexity index is 148. The van der Waals surface area contributed by atoms with E-state index in [2.05, 4.69) is 6.58 Å². The minimum absolute atomic E-state index is 0.270. The molecule has 0 fully saturated rings. The number of ether oxygens (including phenoxy) is 1. The van der Waals surface area contributed by atoms with Crippen LogP contribution < -0.4 is 0 Å². The Hall–Kier alpha value is -1.05. The zero-order chi connectivity index (χ0) is 8.53. The normalized spacial score (nSPS) is 9.91. The van der Waals surface area contributed by atoms with Crippen molar-refractivity contribution in [3.63, 3.8) is 0 Å². The number of esters is 1. The Kier molecular flexibility index (Phi) is 6.39. The molecule has 0 aliphatic heterocycles. The van der Waals surface area contributed by atoms with Gasteiger partial charge in [0.25, 0.3) is 0 Å². The van der Waals surface area contributed by atoms with E-state index < -0.39 is 0 Å². The van der Waals surface area contributed by atoms with Crippen LogP contribution in [0.1, 0.15) is 19.8 Å². The van der Waals surface area contributed by atoms with E-state index in [1.807, 2.05) is 6.92 Å². The summed E-state index contributed by atoms with van der Waals surface area (Å²) in [5.41, 5.74) is 0. The van der Waals surface area contributed by atoms with Gasteiger partial charge >= 0.3 is 5.97 Å². The second-order valence-electron chi connectivity index (χ2n) is 2.06. The molecule has 62 valence electrons. The van der Waals surface area contributed by atoms with Gasteiger partial charge in [-0.15, -0.1) is 6.58 Å². The summed E-state index contributed by atoms with van der Waals surface area (Å²) in [7, 11) is 0. The van der Waals surface area contributed by atoms with Crippen molar-refractivity contribution in [2.45, 2.75) is 19.8 Å². The van der Waals surface area contributed by atoms with E-state index in [1.165, 1.54) is 6.08 Å². The number of hydrogen-bond donors (Lipinski definition) is 0. The van der Waals surface area contributed by atoms with Crippen molar-refractivity contribution in [2.75, 3.05) is 6.61 Å². The van der Waals surface area contributed by atoms with E-state index in [9.17, 15) is 4.79 Å². The molecule has 0 spiro atoms. The number of rotatable bonds is 5. The monoisotopic (exact) mass is 154 g/mol. The summed E-state index contributed by atoms with van der Waals surface area (Å²) in [6, 6.07) is 0. The van der Waals surface area contributed by atoms with Gasteiger partial charge in [-0.3, -0.25) is 0 Å². The average molecular weight is 154 g/mol. The SMILES string of the molecule is C=CCCOC(=O)C=CCC. The molecule has 0 unspecified atom stereocenters. The van der Waals surface area contributed by atoms with E-state index in [0.29, 0.717) is 13.0 Å². The quantitative estimate of drug-likeness (QED) is 0.262. The highest BCUT2D eigenvalue weighted by molar-refractivity contribution is 5.81. The third-order valence-electron chi connectivity index (χ3n) is 1.06. The van der Waals surface area contributed by atoms with Crippen LogP contribution in [0, 0.1) is 0 Å². The Balaban J connectivity index is 3.36. The van der Waals surface area contributed by atoms with Gasteiger partial charge < -0.3 is 4.74 Å². The predicted octanol–water partition coefficient (Wildman–Crippen LogP) is 2.07. The van der Waals surface area contributed by atoms with Gasteiger partial charge in [0, 0.05) is 6.08 Å². The van der Waals surface area contributed by atoms with Crippen molar-refractivity contribution < 1.29 is 9.53 Å². The molecule has 0 N–H and O–H groups in total. The Labute approximate surface area is 67.6 Å². The van der Waals surface area contributed by atoms with Crippen LogP contribution in [0.4, 0.5) is 0 Å². The molecule has 2 heteroatoms. The lowest BCUT2D eigenvalue weighted by Crippen LogP contribution is -2.00. The lowest BCUT2D eigenvalue weighted by Gasteiger charge is -1.96. The molecule has 0 saturated heterocycles. The fourth-order valence-corrected chi connectivity index (χ4v) is 0.505. The van der Waals surface area contributed by atoms with Crippen LogP contribution in [0.2, 0.25) is 0 Å². The first-order valence-corrected chi connectivity index (χ1v) is 3.75. The van der Waals surface area contributed by atoms with Crippen molar-refractivity contribution >= 4 is 5.97 Å². The number of hydrogen-bond acceptors (Lipinski definition) is 2. The third-order valence-corrected chi connectivity index (χ3v) is 1.06. The van der Waals surface area contributed by atoms with Crippen molar-refractivity contribution in [1.29, 1.82) is 0 Å². The Morgan fingerprint density at radius 1 is 1.64 bits per heavy atom. The first-order valence-electron chi connectivity index (χ1n) is 3.75. The first-order chi connectivity index (χ1) is 5.31. The van der Waals surface area contributed by atoms with Gasteiger partial charge in [-0.25, -0.2) is 4.79 Å². The largest absolute Gasteiger partial charge is 0.462 e. The molecule has 11 heavy (non-hydrogen) atoms. The van der Waals surface area contributed by atoms with Gasteiger partial charge in [-0.2, -0.15) is 0 Å². The van der Waals surface area contributed by atoms with Crippen LogP contribution >= 0.6 is 0 Å². The van der Waals surface area contributed by atoms with Crippen LogP contribution in [0.15, 0.2) is 24.8 Å². The molecule has 0 aromatic heterocycles. The van der Waals surface area contributed by atoms with Gasteiger partial charge in [-0.05, 0) is 12.8 Å². The van der Waals surface area contributed by atoms with Crippen molar-refractivity contribution in [3.05, 3.63) is 24.8 Å². The van der Waals surface area contributed by atoms with E-state index in [1.54, 1.807) is 12.2 Å². The molecule has 0 amide bonds. The molecule has 0 heterocycles. The maximum Gasteiger partial charge on any atom is 0.330 e. The third kappa shape index (κ3) is 6.84. The van der Waals surface area contributed by atoms with E-state index >= 15 is 0 Å². The summed E-state index contributed by atoms with van der Waals surface area (Å²) in [4.78, 5) is 10.7. The van der Waals surface area contributed by atoms with E-state index in [0.717, 1.165) is 6.42 Å². The number of allylic oxidation sites excluding steroid dienone is 1. The van der Waals surface area contributed by atoms with Crippen molar-refractivity contribution in [1.82, 2.24) is 0 Å². The van der Waals surface area contributed by atoms with Gasteiger partial charge in [0.1, 0.15) is 0 Å². The Morgan fingerprint density at radius 3 is 2.91 bits per heavy atom. The zero-order valence-electron chi connectivity index (χ0n) is 6.88. The molecule has 0 aliphatic carbocycles. The van der Waals surface area contributed by atoms with Crippen LogP contribution in [-0.2, 0) is 9.53 Å². The number of carbonyl (C=O) groups is 1. The highest BCUT2D eigenvalue weighted by atomic mass is 16.5. The minimum atomic E-state index is -0.270. The van der Waals surface area contributed by atoms with Gasteiger partial charge in [0.2, 0.25) is 0 Å². The van der Waals surface area contributed by atoms with Crippen molar-refractivity contribution in [3.8, 4) is 0 Å². The van der Waals surface area contributed by atoms with Crippen LogP contribution in [0.3, 0.4) is 0 Å². The molecular weight excluding hydrogens is 140 g/mol. The summed E-state index contributed by atoms with van der Waals surface area (Å²) < 4.78 is 4.79. The molecule has 0 aromatic rings. The molecule has 0 radical (unpaired) electrons. The molecular formula is C9H14O2. The highest BCUT2D eigenvalue weighted by Gasteiger charge is 1.92. The topological polar surface area (TPSA) is 26.3 Å². The van der Waals surface area contributed by atoms with Crippen LogP contribution in [0.5, 0.6) is 0 Å². The minimum Gasteiger partial charge on any atom is -0.462 e. The molecule has 2 nitrogen and oxygen atoms in total. The molecule has 0 rings (SSSR count). The highest BCUT2D eigenvalue weighted by Crippen LogP contribution is 1.87. The smallest absolute Gasteiger partial charge is 0.330 e. The molecule has 0 atom stereocenters. The maximum absolute atomic E-state index is 10.7. The molecule has 0 aliphatic rings. The second-order valence-corrected chi connectivity index (χ2v) is 2.06. The van der Waals surface area contributed by atoms with Gasteiger partial charge in [-0.1, -0.05) is 19.1 Å². The lowest BCUT2D eigenvalue weighted by molar-refractivity contribution is -0.137. The maximum atomic E-state index is 10.7. The Morgan fingerprint density at radius 2 is 2.36 bits per heavy atom. The molecule has 0 aromatic carbocycles. The molecule has 0 bridgehead atoms. The van der Waals surface area contributed by atoms with Crippen LogP contribution in [-0.4, -0.2) is 12.6 Å². The summed E-state index contributed by atoms with van der Waals surface area (Å²) >= 11 is 0. The van der Waals surface area contributed by atoms with Crippen LogP contribution in [0.25, 0.3) is 0 Å². The predicted molar refractivity (Wildman–Crippen MR) is 45.2 cm³/mol. The van der Waals surface area contributed by atoms with Gasteiger partial charge in [0.05, 0.1) is 6.61 Å². The summed E-state index contributed by atoms with van der Waals surface area (Å²) in [5.74, 6) is -0.270. The summed E-state index contributed by atoms with van der Waals surface area (Å²) in [6.45, 7) is 5.90. The standard InChI is InChI=1S/C9H14O2/c1-3-5-7-9(10)11-8-6-4-2/h4-5,7H,2-3,6,8H2,1H3. The number of carbonyl (C=O) groups excluding carboxylic acids is 1. The lowest BCUT2D eigenvalue weighted by atomic mass is 10.4. The first kappa shape index (κ1) is 9.95.